The first-order chi connectivity index (χ1) is 8.60. The first-order valence-electron chi connectivity index (χ1n) is 7.62. The lowest BCUT2D eigenvalue weighted by molar-refractivity contribution is -0.0473. The highest BCUT2D eigenvalue weighted by atomic mass is 28.4. The Morgan fingerprint density at radius 3 is 2.21 bits per heavy atom. The van der Waals surface area contributed by atoms with Gasteiger partial charge in [-0.1, -0.05) is 20.8 Å². The van der Waals surface area contributed by atoms with Gasteiger partial charge in [0.15, 0.2) is 0 Å². The predicted octanol–water partition coefficient (Wildman–Crippen LogP) is 4.93. The number of allylic oxidation sites excluding steroid dienone is 1. The molecule has 0 N–H and O–H groups in total. The fourth-order valence-electron chi connectivity index (χ4n) is 3.90. The molecule has 0 amide bonds. The quantitative estimate of drug-likeness (QED) is 0.537. The van der Waals surface area contributed by atoms with Crippen LogP contribution in [0.4, 0.5) is 0 Å². The molecule has 2 saturated carbocycles. The number of rotatable bonds is 4. The van der Waals surface area contributed by atoms with Gasteiger partial charge in [-0.25, -0.2) is 0 Å². The standard InChI is InChI=1S/C16H30O2Si/c1-8-14(18-19(5,6)7)17-13-11-12-9-10-16(13,4)15(12,2)3/h8,12-13H,9-11H2,1-7H3/b14-8+. The third kappa shape index (κ3) is 2.46. The van der Waals surface area contributed by atoms with E-state index in [1.54, 1.807) is 0 Å². The van der Waals surface area contributed by atoms with Gasteiger partial charge in [0.1, 0.15) is 6.10 Å². The van der Waals surface area contributed by atoms with Gasteiger partial charge in [0.2, 0.25) is 8.32 Å². The fraction of sp³-hybridized carbons (Fsp3) is 0.875. The van der Waals surface area contributed by atoms with Crippen LogP contribution in [0.15, 0.2) is 12.0 Å². The van der Waals surface area contributed by atoms with E-state index in [1.165, 1.54) is 19.3 Å². The summed E-state index contributed by atoms with van der Waals surface area (Å²) >= 11 is 0. The first-order valence-corrected chi connectivity index (χ1v) is 11.0. The van der Waals surface area contributed by atoms with E-state index in [0.29, 0.717) is 16.9 Å². The van der Waals surface area contributed by atoms with Gasteiger partial charge in [-0.05, 0) is 63.2 Å². The molecule has 0 aromatic heterocycles. The Morgan fingerprint density at radius 2 is 1.84 bits per heavy atom. The maximum atomic E-state index is 6.28. The van der Waals surface area contributed by atoms with E-state index >= 15 is 0 Å². The normalized spacial score (nSPS) is 37.5. The Kier molecular flexibility index (Phi) is 3.57. The molecule has 2 aliphatic carbocycles. The smallest absolute Gasteiger partial charge is 0.261 e. The van der Waals surface area contributed by atoms with Crippen molar-refractivity contribution in [1.29, 1.82) is 0 Å². The summed E-state index contributed by atoms with van der Waals surface area (Å²) in [6.07, 6.45) is 6.16. The molecule has 3 unspecified atom stereocenters. The second-order valence-corrected chi connectivity index (χ2v) is 12.5. The lowest BCUT2D eigenvalue weighted by Crippen LogP contribution is -2.38. The lowest BCUT2D eigenvalue weighted by Gasteiger charge is -2.39. The summed E-state index contributed by atoms with van der Waals surface area (Å²) in [5, 5.41) is 0. The molecule has 0 aromatic rings. The maximum Gasteiger partial charge on any atom is 0.261 e. The highest BCUT2D eigenvalue weighted by Crippen LogP contribution is 2.66. The molecule has 110 valence electrons. The topological polar surface area (TPSA) is 18.5 Å². The van der Waals surface area contributed by atoms with Crippen LogP contribution in [0, 0.1) is 16.7 Å². The minimum Gasteiger partial charge on any atom is -0.520 e. The first kappa shape index (κ1) is 15.0. The zero-order valence-corrected chi connectivity index (χ0v) is 14.7. The monoisotopic (exact) mass is 282 g/mol. The summed E-state index contributed by atoms with van der Waals surface area (Å²) in [5.74, 6) is 1.57. The number of fused-ring (bicyclic) bond motifs is 2. The third-order valence-electron chi connectivity index (χ3n) is 5.61. The van der Waals surface area contributed by atoms with Crippen LogP contribution < -0.4 is 0 Å². The van der Waals surface area contributed by atoms with Crippen LogP contribution in [0.5, 0.6) is 0 Å². The van der Waals surface area contributed by atoms with Crippen molar-refractivity contribution < 1.29 is 9.16 Å². The molecule has 2 fully saturated rings. The molecule has 0 radical (unpaired) electrons. The molecule has 3 atom stereocenters. The second-order valence-electron chi connectivity index (χ2n) is 8.04. The van der Waals surface area contributed by atoms with Crippen molar-refractivity contribution in [3.8, 4) is 0 Å². The van der Waals surface area contributed by atoms with Gasteiger partial charge in [0, 0.05) is 5.41 Å². The molecule has 2 rings (SSSR count). The van der Waals surface area contributed by atoms with Gasteiger partial charge in [-0.3, -0.25) is 0 Å². The average Bonchev–Trinajstić information content (AvgIpc) is 2.59. The maximum absolute atomic E-state index is 6.28. The Labute approximate surface area is 119 Å². The summed E-state index contributed by atoms with van der Waals surface area (Å²) in [6.45, 7) is 15.9. The van der Waals surface area contributed by atoms with Crippen molar-refractivity contribution in [1.82, 2.24) is 0 Å². The predicted molar refractivity (Wildman–Crippen MR) is 82.3 cm³/mol. The average molecular weight is 282 g/mol. The van der Waals surface area contributed by atoms with Crippen LogP contribution in [-0.4, -0.2) is 14.4 Å². The number of hydrogen-bond acceptors (Lipinski definition) is 2. The van der Waals surface area contributed by atoms with E-state index in [2.05, 4.69) is 40.4 Å². The van der Waals surface area contributed by atoms with Crippen molar-refractivity contribution >= 4 is 8.32 Å². The van der Waals surface area contributed by atoms with Gasteiger partial charge in [0.05, 0.1) is 0 Å². The highest BCUT2D eigenvalue weighted by Gasteiger charge is 2.62. The minimum atomic E-state index is -1.59. The van der Waals surface area contributed by atoms with Crippen LogP contribution in [0.25, 0.3) is 0 Å². The Balaban J connectivity index is 2.09. The molecule has 2 bridgehead atoms. The molecule has 0 heterocycles. The molecule has 0 aliphatic heterocycles. The third-order valence-corrected chi connectivity index (χ3v) is 6.43. The van der Waals surface area contributed by atoms with Crippen LogP contribution in [0.2, 0.25) is 19.6 Å². The van der Waals surface area contributed by atoms with Crippen molar-refractivity contribution in [2.75, 3.05) is 0 Å². The second kappa shape index (κ2) is 4.54. The fourth-order valence-corrected chi connectivity index (χ4v) is 4.67. The molecule has 2 nitrogen and oxygen atoms in total. The highest BCUT2D eigenvalue weighted by molar-refractivity contribution is 6.69. The summed E-state index contributed by atoms with van der Waals surface area (Å²) in [5.41, 5.74) is 0.699. The van der Waals surface area contributed by atoms with E-state index in [0.717, 1.165) is 11.9 Å². The van der Waals surface area contributed by atoms with Crippen molar-refractivity contribution in [2.24, 2.45) is 16.7 Å². The Bertz CT molecular complexity index is 381. The van der Waals surface area contributed by atoms with Crippen LogP contribution >= 0.6 is 0 Å². The van der Waals surface area contributed by atoms with Gasteiger partial charge in [-0.2, -0.15) is 0 Å². The van der Waals surface area contributed by atoms with Gasteiger partial charge < -0.3 is 9.16 Å². The molecule has 0 saturated heterocycles. The van der Waals surface area contributed by atoms with E-state index in [9.17, 15) is 0 Å². The van der Waals surface area contributed by atoms with Crippen molar-refractivity contribution in [3.63, 3.8) is 0 Å². The lowest BCUT2D eigenvalue weighted by atomic mass is 9.70. The summed E-state index contributed by atoms with van der Waals surface area (Å²) in [7, 11) is -1.59. The molecule has 2 aliphatic rings. The summed E-state index contributed by atoms with van der Waals surface area (Å²) < 4.78 is 12.3. The zero-order chi connectivity index (χ0) is 14.5. The summed E-state index contributed by atoms with van der Waals surface area (Å²) in [4.78, 5) is 0. The van der Waals surface area contributed by atoms with Gasteiger partial charge in [-0.15, -0.1) is 0 Å². The van der Waals surface area contributed by atoms with Crippen LogP contribution in [0.3, 0.4) is 0 Å². The van der Waals surface area contributed by atoms with E-state index in [-0.39, 0.29) is 0 Å². The molecule has 3 heteroatoms. The van der Waals surface area contributed by atoms with Crippen LogP contribution in [0.1, 0.15) is 47.0 Å². The minimum absolute atomic E-state index is 0.300. The van der Waals surface area contributed by atoms with Crippen LogP contribution in [-0.2, 0) is 9.16 Å². The Morgan fingerprint density at radius 1 is 1.21 bits per heavy atom. The van der Waals surface area contributed by atoms with Gasteiger partial charge in [0.25, 0.3) is 5.95 Å². The summed E-state index contributed by atoms with van der Waals surface area (Å²) in [6, 6.07) is 0. The Hall–Kier alpha value is -0.443. The van der Waals surface area contributed by atoms with E-state index in [4.69, 9.17) is 9.16 Å². The SMILES string of the molecule is C/C=C(\OC1CC2CCC1(C)C2(C)C)O[Si](C)(C)C. The number of hydrogen-bond donors (Lipinski definition) is 0. The van der Waals surface area contributed by atoms with Crippen molar-refractivity contribution in [3.05, 3.63) is 12.0 Å². The largest absolute Gasteiger partial charge is 0.520 e. The zero-order valence-electron chi connectivity index (χ0n) is 13.7. The van der Waals surface area contributed by atoms with E-state index < -0.39 is 8.32 Å². The molecular weight excluding hydrogens is 252 g/mol. The molecule has 0 aromatic carbocycles. The molecule has 0 spiro atoms. The van der Waals surface area contributed by atoms with Gasteiger partial charge >= 0.3 is 0 Å². The van der Waals surface area contributed by atoms with E-state index in [1.807, 2.05) is 13.0 Å². The number of ether oxygens (including phenoxy) is 1. The molecule has 19 heavy (non-hydrogen) atoms. The molecular formula is C16H30O2Si. The van der Waals surface area contributed by atoms with Crippen molar-refractivity contribution in [2.45, 2.75) is 72.7 Å².